The summed E-state index contributed by atoms with van der Waals surface area (Å²) in [6, 6.07) is 7.75. The van der Waals surface area contributed by atoms with Gasteiger partial charge in [0.05, 0.1) is 13.2 Å². The van der Waals surface area contributed by atoms with Crippen molar-refractivity contribution in [3.8, 4) is 11.9 Å². The number of nitrogens with zero attached hydrogens (tertiary/aromatic N) is 2. The number of halogens is 2. The van der Waals surface area contributed by atoms with Gasteiger partial charge < -0.3 is 9.72 Å². The van der Waals surface area contributed by atoms with Gasteiger partial charge in [0.2, 0.25) is 5.88 Å². The quantitative estimate of drug-likeness (QED) is 0.647. The molecule has 0 bridgehead atoms. The SMILES string of the molecule is COc1nc(NS(=O)(=O)c2c[nH]c3cc(Cl)ccc23)c(F)cc1CCC#N. The molecule has 0 aliphatic heterocycles. The highest BCUT2D eigenvalue weighted by atomic mass is 35.5. The third-order valence-corrected chi connectivity index (χ3v) is 5.46. The van der Waals surface area contributed by atoms with Gasteiger partial charge in [0.25, 0.3) is 10.0 Å². The topological polar surface area (TPSA) is 108 Å². The Bertz CT molecular complexity index is 1150. The summed E-state index contributed by atoms with van der Waals surface area (Å²) in [5.41, 5.74) is 0.905. The Morgan fingerprint density at radius 2 is 2.19 bits per heavy atom. The Morgan fingerprint density at radius 1 is 1.41 bits per heavy atom. The molecule has 27 heavy (non-hydrogen) atoms. The summed E-state index contributed by atoms with van der Waals surface area (Å²) in [6.45, 7) is 0. The number of aromatic nitrogens is 2. The summed E-state index contributed by atoms with van der Waals surface area (Å²) in [4.78, 5) is 6.66. The first-order chi connectivity index (χ1) is 12.9. The van der Waals surface area contributed by atoms with Gasteiger partial charge in [-0.25, -0.2) is 12.8 Å². The lowest BCUT2D eigenvalue weighted by Gasteiger charge is -2.12. The summed E-state index contributed by atoms with van der Waals surface area (Å²) >= 11 is 5.90. The molecule has 0 atom stereocenters. The van der Waals surface area contributed by atoms with Crippen molar-refractivity contribution < 1.29 is 17.5 Å². The molecule has 0 spiro atoms. The van der Waals surface area contributed by atoms with Crippen LogP contribution in [0.25, 0.3) is 10.9 Å². The van der Waals surface area contributed by atoms with Crippen molar-refractivity contribution in [3.05, 3.63) is 46.9 Å². The molecule has 2 heterocycles. The summed E-state index contributed by atoms with van der Waals surface area (Å²) in [7, 11) is -2.79. The van der Waals surface area contributed by atoms with Gasteiger partial charge >= 0.3 is 0 Å². The maximum atomic E-state index is 14.4. The summed E-state index contributed by atoms with van der Waals surface area (Å²) < 4.78 is 47.0. The highest BCUT2D eigenvalue weighted by Gasteiger charge is 2.23. The second-order valence-corrected chi connectivity index (χ2v) is 7.68. The molecule has 0 fully saturated rings. The number of nitriles is 1. The molecule has 0 radical (unpaired) electrons. The van der Waals surface area contributed by atoms with Crippen molar-refractivity contribution in [3.63, 3.8) is 0 Å². The minimum absolute atomic E-state index is 0.0510. The Balaban J connectivity index is 1.99. The van der Waals surface area contributed by atoms with Crippen LogP contribution in [-0.4, -0.2) is 25.5 Å². The normalized spacial score (nSPS) is 11.3. The first-order valence-corrected chi connectivity index (χ1v) is 9.61. The van der Waals surface area contributed by atoms with E-state index in [4.69, 9.17) is 21.6 Å². The fourth-order valence-corrected chi connectivity index (χ4v) is 3.97. The van der Waals surface area contributed by atoms with Gasteiger partial charge in [-0.3, -0.25) is 4.72 Å². The van der Waals surface area contributed by atoms with Gasteiger partial charge in [0.15, 0.2) is 11.6 Å². The number of sulfonamides is 1. The predicted octanol–water partition coefficient (Wildman–Crippen LogP) is 3.62. The third-order valence-electron chi connectivity index (χ3n) is 3.84. The highest BCUT2D eigenvalue weighted by Crippen LogP contribution is 2.29. The molecule has 0 aliphatic rings. The molecule has 7 nitrogen and oxygen atoms in total. The summed E-state index contributed by atoms with van der Waals surface area (Å²) in [6.07, 6.45) is 1.68. The van der Waals surface area contributed by atoms with Crippen LogP contribution >= 0.6 is 11.6 Å². The third kappa shape index (κ3) is 3.82. The fraction of sp³-hybridized carbons (Fsp3) is 0.176. The fourth-order valence-electron chi connectivity index (χ4n) is 2.60. The van der Waals surface area contributed by atoms with Crippen molar-refractivity contribution in [1.29, 1.82) is 5.26 Å². The molecule has 2 aromatic heterocycles. The van der Waals surface area contributed by atoms with E-state index in [1.54, 1.807) is 18.2 Å². The second-order valence-electron chi connectivity index (χ2n) is 5.59. The molecule has 3 rings (SSSR count). The summed E-state index contributed by atoms with van der Waals surface area (Å²) in [5.74, 6) is -1.30. The maximum Gasteiger partial charge on any atom is 0.265 e. The molecule has 0 saturated carbocycles. The van der Waals surface area contributed by atoms with Crippen LogP contribution in [0.1, 0.15) is 12.0 Å². The number of fused-ring (bicyclic) bond motifs is 1. The van der Waals surface area contributed by atoms with Gasteiger partial charge in [-0.1, -0.05) is 11.6 Å². The lowest BCUT2D eigenvalue weighted by molar-refractivity contribution is 0.391. The number of aryl methyl sites for hydroxylation is 1. The maximum absolute atomic E-state index is 14.4. The Kier molecular flexibility index (Phi) is 5.21. The van der Waals surface area contributed by atoms with Gasteiger partial charge in [0, 0.05) is 34.1 Å². The van der Waals surface area contributed by atoms with Crippen molar-refractivity contribution >= 4 is 38.3 Å². The standard InChI is InChI=1S/C17H14ClFN4O3S/c1-26-17-10(3-2-6-20)7-13(19)16(22-17)23-27(24,25)15-9-21-14-8-11(18)4-5-12(14)15/h4-5,7-9,21H,2-3H2,1H3,(H,22,23). The Hall–Kier alpha value is -2.83. The number of benzene rings is 1. The van der Waals surface area contributed by atoms with E-state index in [2.05, 4.69) is 14.7 Å². The van der Waals surface area contributed by atoms with Crippen LogP contribution in [-0.2, 0) is 16.4 Å². The van der Waals surface area contributed by atoms with Gasteiger partial charge in [0.1, 0.15) is 4.90 Å². The number of pyridine rings is 1. The first kappa shape index (κ1) is 18.9. The van der Waals surface area contributed by atoms with Crippen LogP contribution in [0.3, 0.4) is 0 Å². The molecular weight excluding hydrogens is 395 g/mol. The van der Waals surface area contributed by atoms with E-state index in [0.29, 0.717) is 21.5 Å². The minimum atomic E-state index is -4.12. The van der Waals surface area contributed by atoms with Crippen molar-refractivity contribution in [2.45, 2.75) is 17.7 Å². The van der Waals surface area contributed by atoms with Gasteiger partial charge in [-0.05, 0) is 30.7 Å². The molecule has 0 saturated heterocycles. The number of H-pyrrole nitrogens is 1. The minimum Gasteiger partial charge on any atom is -0.481 e. The van der Waals surface area contributed by atoms with Crippen LogP contribution in [0.2, 0.25) is 5.02 Å². The molecule has 0 amide bonds. The molecule has 10 heteroatoms. The molecule has 1 aromatic carbocycles. The van der Waals surface area contributed by atoms with E-state index in [-0.39, 0.29) is 23.6 Å². The van der Waals surface area contributed by atoms with Gasteiger partial charge in [-0.15, -0.1) is 0 Å². The number of aromatic amines is 1. The summed E-state index contributed by atoms with van der Waals surface area (Å²) in [5, 5.41) is 9.53. The zero-order valence-corrected chi connectivity index (χ0v) is 15.7. The van der Waals surface area contributed by atoms with Crippen LogP contribution in [0.4, 0.5) is 10.2 Å². The number of ether oxygens (including phenoxy) is 1. The average Bonchev–Trinajstić information content (AvgIpc) is 3.05. The molecule has 3 aromatic rings. The molecule has 0 aliphatic carbocycles. The molecule has 0 unspecified atom stereocenters. The zero-order valence-electron chi connectivity index (χ0n) is 14.1. The monoisotopic (exact) mass is 408 g/mol. The smallest absolute Gasteiger partial charge is 0.265 e. The van der Waals surface area contributed by atoms with Crippen molar-refractivity contribution in [1.82, 2.24) is 9.97 Å². The van der Waals surface area contributed by atoms with Crippen LogP contribution in [0, 0.1) is 17.1 Å². The second kappa shape index (κ2) is 7.42. The lowest BCUT2D eigenvalue weighted by atomic mass is 10.1. The molecule has 140 valence electrons. The van der Waals surface area contributed by atoms with E-state index in [1.807, 2.05) is 6.07 Å². The number of anilines is 1. The lowest BCUT2D eigenvalue weighted by Crippen LogP contribution is -2.15. The van der Waals surface area contributed by atoms with E-state index < -0.39 is 21.7 Å². The average molecular weight is 409 g/mol. The van der Waals surface area contributed by atoms with Gasteiger partial charge in [-0.2, -0.15) is 10.2 Å². The zero-order chi connectivity index (χ0) is 19.6. The van der Waals surface area contributed by atoms with E-state index in [9.17, 15) is 12.8 Å². The number of nitrogens with one attached hydrogen (secondary N) is 2. The predicted molar refractivity (Wildman–Crippen MR) is 98.8 cm³/mol. The van der Waals surface area contributed by atoms with Crippen LogP contribution < -0.4 is 9.46 Å². The van der Waals surface area contributed by atoms with Crippen LogP contribution in [0.5, 0.6) is 5.88 Å². The van der Waals surface area contributed by atoms with Crippen molar-refractivity contribution in [2.24, 2.45) is 0 Å². The van der Waals surface area contributed by atoms with E-state index in [1.165, 1.54) is 13.3 Å². The molecule has 2 N–H and O–H groups in total. The first-order valence-electron chi connectivity index (χ1n) is 7.75. The number of rotatable bonds is 6. The Labute approximate surface area is 159 Å². The number of methoxy groups -OCH3 is 1. The number of hydrogen-bond donors (Lipinski definition) is 2. The number of hydrogen-bond acceptors (Lipinski definition) is 5. The molecular formula is C17H14ClFN4O3S. The van der Waals surface area contributed by atoms with Crippen LogP contribution in [0.15, 0.2) is 35.4 Å². The Morgan fingerprint density at radius 3 is 2.89 bits per heavy atom. The highest BCUT2D eigenvalue weighted by molar-refractivity contribution is 7.93. The largest absolute Gasteiger partial charge is 0.481 e. The van der Waals surface area contributed by atoms with E-state index >= 15 is 0 Å². The van der Waals surface area contributed by atoms with E-state index in [0.717, 1.165) is 6.07 Å². The van der Waals surface area contributed by atoms with Crippen molar-refractivity contribution in [2.75, 3.05) is 11.8 Å².